The van der Waals surface area contributed by atoms with E-state index in [1.54, 1.807) is 4.90 Å². The summed E-state index contributed by atoms with van der Waals surface area (Å²) in [5.74, 6) is 0. The zero-order valence-corrected chi connectivity index (χ0v) is 17.8. The molecule has 1 unspecified atom stereocenters. The number of ether oxygens (including phenoxy) is 2. The Hall–Kier alpha value is -1.05. The fourth-order valence-corrected chi connectivity index (χ4v) is 3.71. The standard InChI is InChI=1S/C20H34BNO5/c1-17(2,3)25-16(23)22-13-11-20(12-14-22)10-8-9-15(24-20)21-26-18(4,5)19(6,7)27-21/h8-9,15H,10-14H2,1-7H3. The van der Waals surface area contributed by atoms with Crippen molar-refractivity contribution in [3.63, 3.8) is 0 Å². The van der Waals surface area contributed by atoms with E-state index in [-0.39, 0.29) is 28.9 Å². The molecule has 1 amide bonds. The molecule has 1 spiro atoms. The summed E-state index contributed by atoms with van der Waals surface area (Å²) in [6, 6.07) is -0.229. The molecule has 7 heteroatoms. The summed E-state index contributed by atoms with van der Waals surface area (Å²) in [7, 11) is -0.410. The highest BCUT2D eigenvalue weighted by molar-refractivity contribution is 6.48. The van der Waals surface area contributed by atoms with Gasteiger partial charge in [0.25, 0.3) is 0 Å². The van der Waals surface area contributed by atoms with Crippen LogP contribution < -0.4 is 0 Å². The van der Waals surface area contributed by atoms with Crippen molar-refractivity contribution in [1.82, 2.24) is 4.90 Å². The molecule has 0 N–H and O–H groups in total. The van der Waals surface area contributed by atoms with Gasteiger partial charge in [-0.1, -0.05) is 12.2 Å². The van der Waals surface area contributed by atoms with Crippen LogP contribution in [0.2, 0.25) is 0 Å². The molecular formula is C20H34BNO5. The van der Waals surface area contributed by atoms with Crippen molar-refractivity contribution in [1.29, 1.82) is 0 Å². The lowest BCUT2D eigenvalue weighted by Crippen LogP contribution is -2.53. The van der Waals surface area contributed by atoms with E-state index < -0.39 is 12.7 Å². The Morgan fingerprint density at radius 1 is 1.11 bits per heavy atom. The molecule has 0 aromatic carbocycles. The van der Waals surface area contributed by atoms with Gasteiger partial charge in [0.05, 0.1) is 16.8 Å². The Labute approximate surface area is 163 Å². The van der Waals surface area contributed by atoms with E-state index in [0.717, 1.165) is 19.3 Å². The second kappa shape index (κ2) is 6.78. The minimum Gasteiger partial charge on any atom is -0.444 e. The number of hydrogen-bond donors (Lipinski definition) is 0. The maximum atomic E-state index is 12.3. The molecule has 27 heavy (non-hydrogen) atoms. The summed E-state index contributed by atoms with van der Waals surface area (Å²) in [5.41, 5.74) is -1.49. The lowest BCUT2D eigenvalue weighted by atomic mass is 9.76. The molecule has 0 bridgehead atoms. The van der Waals surface area contributed by atoms with Crippen LogP contribution >= 0.6 is 0 Å². The molecule has 6 nitrogen and oxygen atoms in total. The number of hydrogen-bond acceptors (Lipinski definition) is 5. The fraction of sp³-hybridized carbons (Fsp3) is 0.850. The van der Waals surface area contributed by atoms with E-state index >= 15 is 0 Å². The van der Waals surface area contributed by atoms with Gasteiger partial charge in [-0.15, -0.1) is 0 Å². The first kappa shape index (κ1) is 20.7. The Morgan fingerprint density at radius 3 is 2.19 bits per heavy atom. The third-order valence-corrected chi connectivity index (χ3v) is 6.07. The summed E-state index contributed by atoms with van der Waals surface area (Å²) in [5, 5.41) is 0. The van der Waals surface area contributed by atoms with Crippen LogP contribution in [0.1, 0.15) is 67.7 Å². The Morgan fingerprint density at radius 2 is 1.67 bits per heavy atom. The van der Waals surface area contributed by atoms with Crippen molar-refractivity contribution < 1.29 is 23.6 Å². The summed E-state index contributed by atoms with van der Waals surface area (Å²) < 4.78 is 24.3. The van der Waals surface area contributed by atoms with Crippen LogP contribution in [-0.2, 0) is 18.8 Å². The molecule has 3 heterocycles. The first-order valence-electron chi connectivity index (χ1n) is 10.0. The van der Waals surface area contributed by atoms with E-state index in [0.29, 0.717) is 13.1 Å². The van der Waals surface area contributed by atoms with Gasteiger partial charge in [0.2, 0.25) is 0 Å². The lowest BCUT2D eigenvalue weighted by Gasteiger charge is -2.44. The molecular weight excluding hydrogens is 345 g/mol. The van der Waals surface area contributed by atoms with E-state index in [1.807, 2.05) is 26.8 Å². The number of rotatable bonds is 1. The van der Waals surface area contributed by atoms with Crippen molar-refractivity contribution in [2.75, 3.05) is 13.1 Å². The van der Waals surface area contributed by atoms with E-state index in [4.69, 9.17) is 18.8 Å². The van der Waals surface area contributed by atoms with Crippen molar-refractivity contribution >= 4 is 13.2 Å². The van der Waals surface area contributed by atoms with Crippen molar-refractivity contribution in [2.24, 2.45) is 0 Å². The zero-order valence-electron chi connectivity index (χ0n) is 17.8. The largest absolute Gasteiger partial charge is 0.493 e. The maximum absolute atomic E-state index is 12.3. The second-order valence-corrected chi connectivity index (χ2v) is 9.99. The highest BCUT2D eigenvalue weighted by atomic mass is 16.7. The quantitative estimate of drug-likeness (QED) is 0.513. The van der Waals surface area contributed by atoms with Gasteiger partial charge in [0, 0.05) is 13.1 Å². The molecule has 152 valence electrons. The van der Waals surface area contributed by atoms with Crippen molar-refractivity contribution in [3.8, 4) is 0 Å². The molecule has 0 saturated carbocycles. The van der Waals surface area contributed by atoms with Crippen molar-refractivity contribution in [3.05, 3.63) is 12.2 Å². The third-order valence-electron chi connectivity index (χ3n) is 6.07. The van der Waals surface area contributed by atoms with E-state index in [9.17, 15) is 4.79 Å². The molecule has 0 aliphatic carbocycles. The number of amides is 1. The average molecular weight is 379 g/mol. The minimum absolute atomic E-state index is 0.229. The summed E-state index contributed by atoms with van der Waals surface area (Å²) in [4.78, 5) is 14.1. The number of piperidine rings is 1. The van der Waals surface area contributed by atoms with Crippen LogP contribution in [0.3, 0.4) is 0 Å². The van der Waals surface area contributed by atoms with Gasteiger partial charge in [0.1, 0.15) is 11.6 Å². The first-order chi connectivity index (χ1) is 12.3. The first-order valence-corrected chi connectivity index (χ1v) is 10.0. The molecule has 2 fully saturated rings. The Bertz CT molecular complexity index is 586. The van der Waals surface area contributed by atoms with Gasteiger partial charge in [-0.3, -0.25) is 0 Å². The number of nitrogens with zero attached hydrogens (tertiary/aromatic N) is 1. The smallest absolute Gasteiger partial charge is 0.444 e. The SMILES string of the molecule is CC(C)(C)OC(=O)N1CCC2(CC=CC(B3OC(C)(C)C(C)(C)O3)O2)CC1. The van der Waals surface area contributed by atoms with Crippen LogP contribution in [0.15, 0.2) is 12.2 Å². The summed E-state index contributed by atoms with van der Waals surface area (Å²) >= 11 is 0. The molecule has 3 rings (SSSR count). The highest BCUT2D eigenvalue weighted by Crippen LogP contribution is 2.41. The van der Waals surface area contributed by atoms with Crippen LogP contribution in [0, 0.1) is 0 Å². The van der Waals surface area contributed by atoms with Crippen LogP contribution in [0.5, 0.6) is 0 Å². The number of carbonyl (C=O) groups excluding carboxylic acids is 1. The fourth-order valence-electron chi connectivity index (χ4n) is 3.71. The number of likely N-dealkylation sites (tertiary alicyclic amines) is 1. The average Bonchev–Trinajstić information content (AvgIpc) is 2.74. The van der Waals surface area contributed by atoms with Gasteiger partial charge in [-0.2, -0.15) is 0 Å². The molecule has 0 aromatic heterocycles. The monoisotopic (exact) mass is 379 g/mol. The van der Waals surface area contributed by atoms with Gasteiger partial charge >= 0.3 is 13.2 Å². The van der Waals surface area contributed by atoms with Gasteiger partial charge < -0.3 is 23.7 Å². The summed E-state index contributed by atoms with van der Waals surface area (Å²) in [6.07, 6.45) is 6.39. The predicted octanol–water partition coefficient (Wildman–Crippen LogP) is 3.73. The minimum atomic E-state index is -0.474. The molecule has 3 aliphatic heterocycles. The lowest BCUT2D eigenvalue weighted by molar-refractivity contribution is -0.0990. The molecule has 3 aliphatic rings. The zero-order chi connectivity index (χ0) is 20.1. The molecule has 2 saturated heterocycles. The maximum Gasteiger partial charge on any atom is 0.493 e. The van der Waals surface area contributed by atoms with Crippen LogP contribution in [0.25, 0.3) is 0 Å². The Kier molecular flexibility index (Phi) is 5.19. The van der Waals surface area contributed by atoms with Gasteiger partial charge in [-0.05, 0) is 67.7 Å². The molecule has 0 radical (unpaired) electrons. The predicted molar refractivity (Wildman–Crippen MR) is 104 cm³/mol. The van der Waals surface area contributed by atoms with E-state index in [2.05, 4.69) is 33.8 Å². The summed E-state index contributed by atoms with van der Waals surface area (Å²) in [6.45, 7) is 15.1. The number of carbonyl (C=O) groups is 1. The van der Waals surface area contributed by atoms with Crippen LogP contribution in [0.4, 0.5) is 4.79 Å². The topological polar surface area (TPSA) is 57.2 Å². The van der Waals surface area contributed by atoms with Gasteiger partial charge in [-0.25, -0.2) is 4.79 Å². The molecule has 1 atom stereocenters. The third kappa shape index (κ3) is 4.35. The van der Waals surface area contributed by atoms with Gasteiger partial charge in [0.15, 0.2) is 0 Å². The second-order valence-electron chi connectivity index (χ2n) is 9.99. The Balaban J connectivity index is 1.60. The normalized spacial score (nSPS) is 29.2. The highest BCUT2D eigenvalue weighted by Gasteiger charge is 2.55. The molecule has 0 aromatic rings. The van der Waals surface area contributed by atoms with Crippen LogP contribution in [-0.4, -0.2) is 59.6 Å². The van der Waals surface area contributed by atoms with E-state index in [1.165, 1.54) is 0 Å². The van der Waals surface area contributed by atoms with Crippen molar-refractivity contribution in [2.45, 2.75) is 96.1 Å².